The summed E-state index contributed by atoms with van der Waals surface area (Å²) in [6.07, 6.45) is 5.44. The summed E-state index contributed by atoms with van der Waals surface area (Å²) in [5, 5.41) is 0.373. The molecule has 1 rings (SSSR count). The molecule has 0 bridgehead atoms. The molecule has 46 valence electrons. The molecule has 0 saturated carbocycles. The summed E-state index contributed by atoms with van der Waals surface area (Å²) >= 11 is 0. The number of allylic oxidation sites excluding steroid dienone is 4. The Labute approximate surface area is 54.5 Å². The highest BCUT2D eigenvalue weighted by atomic mass is 31.1. The molecule has 0 aromatic carbocycles. The lowest BCUT2D eigenvalue weighted by Gasteiger charge is -1.96. The summed E-state index contributed by atoms with van der Waals surface area (Å²) < 4.78 is 10.1. The third-order valence-corrected chi connectivity index (χ3v) is 1.67. The van der Waals surface area contributed by atoms with Gasteiger partial charge in [-0.05, 0) is 6.08 Å². The number of hydrogen-bond donors (Lipinski definition) is 0. The standard InChI is InChI=1S/C6H5O2P/c7-5-3-1-2-4-6(5)9-8/h1-2,4H,3H2. The molecule has 2 nitrogen and oxygen atoms in total. The summed E-state index contributed by atoms with van der Waals surface area (Å²) in [6, 6.07) is 0. The highest BCUT2D eigenvalue weighted by Crippen LogP contribution is 2.17. The molecule has 0 amide bonds. The van der Waals surface area contributed by atoms with Gasteiger partial charge in [0.1, 0.15) is 0 Å². The predicted octanol–water partition coefficient (Wildman–Crippen LogP) is 1.69. The molecule has 0 radical (unpaired) electrons. The van der Waals surface area contributed by atoms with Gasteiger partial charge in [0.05, 0.1) is 5.31 Å². The average molecular weight is 140 g/mol. The minimum Gasteiger partial charge on any atom is -0.293 e. The second-order valence-corrected chi connectivity index (χ2v) is 2.36. The molecule has 0 unspecified atom stereocenters. The molecule has 0 aromatic heterocycles. The number of Topliss-reactive ketones (excluding diaryl/α,β-unsaturated/α-hetero) is 1. The maximum absolute atomic E-state index is 10.7. The van der Waals surface area contributed by atoms with Crippen molar-refractivity contribution >= 4 is 14.2 Å². The van der Waals surface area contributed by atoms with E-state index in [0.717, 1.165) is 0 Å². The summed E-state index contributed by atoms with van der Waals surface area (Å²) in [7, 11) is -0.169. The second kappa shape index (κ2) is 2.70. The van der Waals surface area contributed by atoms with E-state index in [0.29, 0.717) is 11.7 Å². The molecule has 0 saturated heterocycles. The van der Waals surface area contributed by atoms with E-state index >= 15 is 0 Å². The first-order valence-electron chi connectivity index (χ1n) is 2.58. The van der Waals surface area contributed by atoms with E-state index in [4.69, 9.17) is 0 Å². The lowest BCUT2D eigenvalue weighted by atomic mass is 10.2. The zero-order valence-corrected chi connectivity index (χ0v) is 5.60. The van der Waals surface area contributed by atoms with Gasteiger partial charge in [0, 0.05) is 6.42 Å². The predicted molar refractivity (Wildman–Crippen MR) is 34.5 cm³/mol. The fourth-order valence-corrected chi connectivity index (χ4v) is 0.953. The molecule has 0 heterocycles. The molecule has 1 aliphatic rings. The minimum absolute atomic E-state index is 0.0471. The third kappa shape index (κ3) is 1.33. The van der Waals surface area contributed by atoms with E-state index in [9.17, 15) is 9.36 Å². The Morgan fingerprint density at radius 2 is 2.33 bits per heavy atom. The van der Waals surface area contributed by atoms with Gasteiger partial charge in [-0.3, -0.25) is 9.36 Å². The quantitative estimate of drug-likeness (QED) is 0.519. The molecule has 1 aliphatic carbocycles. The van der Waals surface area contributed by atoms with Crippen molar-refractivity contribution in [2.45, 2.75) is 6.42 Å². The highest BCUT2D eigenvalue weighted by Gasteiger charge is 2.08. The second-order valence-electron chi connectivity index (χ2n) is 1.70. The van der Waals surface area contributed by atoms with Crippen LogP contribution in [-0.4, -0.2) is 5.78 Å². The van der Waals surface area contributed by atoms with Crippen molar-refractivity contribution < 1.29 is 9.36 Å². The smallest absolute Gasteiger partial charge is 0.196 e. The maximum atomic E-state index is 10.7. The first kappa shape index (κ1) is 6.37. The summed E-state index contributed by atoms with van der Waals surface area (Å²) in [6.45, 7) is 0. The Kier molecular flexibility index (Phi) is 1.91. The van der Waals surface area contributed by atoms with Crippen LogP contribution in [0.3, 0.4) is 0 Å². The first-order valence-corrected chi connectivity index (χ1v) is 3.39. The van der Waals surface area contributed by atoms with Crippen molar-refractivity contribution in [1.29, 1.82) is 0 Å². The average Bonchev–Trinajstić information content (AvgIpc) is 1.89. The fourth-order valence-electron chi connectivity index (χ4n) is 0.613. The summed E-state index contributed by atoms with van der Waals surface area (Å²) in [4.78, 5) is 10.7. The van der Waals surface area contributed by atoms with Crippen LogP contribution >= 0.6 is 8.46 Å². The van der Waals surface area contributed by atoms with Gasteiger partial charge in [-0.1, -0.05) is 12.2 Å². The van der Waals surface area contributed by atoms with Crippen molar-refractivity contribution in [2.75, 3.05) is 0 Å². The van der Waals surface area contributed by atoms with Crippen molar-refractivity contribution in [3.05, 3.63) is 23.5 Å². The largest absolute Gasteiger partial charge is 0.293 e. The number of hydrogen-bond acceptors (Lipinski definition) is 2. The van der Waals surface area contributed by atoms with Gasteiger partial charge in [-0.15, -0.1) is 0 Å². The van der Waals surface area contributed by atoms with Crippen molar-refractivity contribution in [3.63, 3.8) is 0 Å². The maximum Gasteiger partial charge on any atom is 0.196 e. The zero-order chi connectivity index (χ0) is 6.69. The van der Waals surface area contributed by atoms with Gasteiger partial charge < -0.3 is 0 Å². The van der Waals surface area contributed by atoms with E-state index < -0.39 is 0 Å². The van der Waals surface area contributed by atoms with E-state index in [2.05, 4.69) is 0 Å². The monoisotopic (exact) mass is 140 g/mol. The third-order valence-electron chi connectivity index (χ3n) is 1.08. The highest BCUT2D eigenvalue weighted by molar-refractivity contribution is 7.31. The molecule has 0 aromatic rings. The van der Waals surface area contributed by atoms with Crippen LogP contribution in [0.5, 0.6) is 0 Å². The van der Waals surface area contributed by atoms with Gasteiger partial charge >= 0.3 is 0 Å². The lowest BCUT2D eigenvalue weighted by molar-refractivity contribution is -0.114. The molecule has 3 heteroatoms. The molecule has 0 N–H and O–H groups in total. The van der Waals surface area contributed by atoms with E-state index in [1.54, 1.807) is 18.2 Å². The van der Waals surface area contributed by atoms with Gasteiger partial charge in [0.15, 0.2) is 14.2 Å². The summed E-state index contributed by atoms with van der Waals surface area (Å²) in [5.41, 5.74) is 0. The Morgan fingerprint density at radius 1 is 1.56 bits per heavy atom. The Balaban J connectivity index is 2.86. The van der Waals surface area contributed by atoms with E-state index in [-0.39, 0.29) is 14.2 Å². The first-order chi connectivity index (χ1) is 4.34. The number of carbonyl (C=O) groups excluding carboxylic acids is 1. The molecular formula is C6H5O2P. The molecule has 0 spiro atoms. The van der Waals surface area contributed by atoms with Gasteiger partial charge in [0.25, 0.3) is 0 Å². The van der Waals surface area contributed by atoms with Crippen LogP contribution < -0.4 is 0 Å². The normalized spacial score (nSPS) is 18.2. The number of carbonyl (C=O) groups is 1. The summed E-state index contributed by atoms with van der Waals surface area (Å²) in [5.74, 6) is -0.0471. The molecule has 0 atom stereocenters. The van der Waals surface area contributed by atoms with Gasteiger partial charge in [0.2, 0.25) is 0 Å². The Morgan fingerprint density at radius 3 is 2.78 bits per heavy atom. The van der Waals surface area contributed by atoms with Crippen LogP contribution in [0.25, 0.3) is 0 Å². The van der Waals surface area contributed by atoms with Gasteiger partial charge in [-0.2, -0.15) is 0 Å². The lowest BCUT2D eigenvalue weighted by Crippen LogP contribution is -1.97. The van der Waals surface area contributed by atoms with Crippen LogP contribution in [0.15, 0.2) is 23.5 Å². The molecular weight excluding hydrogens is 135 g/mol. The van der Waals surface area contributed by atoms with Crippen molar-refractivity contribution in [3.8, 4) is 0 Å². The van der Waals surface area contributed by atoms with Gasteiger partial charge in [-0.25, -0.2) is 0 Å². The van der Waals surface area contributed by atoms with Crippen molar-refractivity contribution in [2.24, 2.45) is 0 Å². The minimum atomic E-state index is -0.169. The fraction of sp³-hybridized carbons (Fsp3) is 0.167. The zero-order valence-electron chi connectivity index (χ0n) is 4.70. The van der Waals surface area contributed by atoms with Crippen molar-refractivity contribution in [1.82, 2.24) is 0 Å². The van der Waals surface area contributed by atoms with Crippen LogP contribution in [0.4, 0.5) is 0 Å². The van der Waals surface area contributed by atoms with Crippen LogP contribution in [0, 0.1) is 0 Å². The molecule has 0 fully saturated rings. The van der Waals surface area contributed by atoms with Crippen LogP contribution in [0.1, 0.15) is 6.42 Å². The molecule has 0 aliphatic heterocycles. The van der Waals surface area contributed by atoms with E-state index in [1.165, 1.54) is 0 Å². The number of ketones is 1. The molecule has 9 heavy (non-hydrogen) atoms. The SMILES string of the molecule is O=PC1=CC=CCC1=O. The van der Waals surface area contributed by atoms with Crippen LogP contribution in [-0.2, 0) is 9.36 Å². The Bertz CT molecular complexity index is 203. The van der Waals surface area contributed by atoms with Crippen LogP contribution in [0.2, 0.25) is 0 Å². The Hall–Kier alpha value is -0.750. The van der Waals surface area contributed by atoms with E-state index in [1.807, 2.05) is 0 Å². The number of rotatable bonds is 1. The topological polar surface area (TPSA) is 34.1 Å².